The summed E-state index contributed by atoms with van der Waals surface area (Å²) >= 11 is 0. The smallest absolute Gasteiger partial charge is 0.251 e. The molecule has 0 spiro atoms. The Morgan fingerprint density at radius 3 is 3.00 bits per heavy atom. The van der Waals surface area contributed by atoms with Crippen molar-refractivity contribution >= 4 is 16.8 Å². The quantitative estimate of drug-likeness (QED) is 0.735. The topological polar surface area (TPSA) is 70.7 Å². The second kappa shape index (κ2) is 6.97. The van der Waals surface area contributed by atoms with Crippen molar-refractivity contribution in [2.45, 2.75) is 19.9 Å². The van der Waals surface area contributed by atoms with Gasteiger partial charge in [0.25, 0.3) is 5.91 Å². The van der Waals surface area contributed by atoms with E-state index >= 15 is 0 Å². The highest BCUT2D eigenvalue weighted by Gasteiger charge is 2.06. The van der Waals surface area contributed by atoms with E-state index in [4.69, 9.17) is 5.26 Å². The van der Waals surface area contributed by atoms with Crippen LogP contribution in [0.15, 0.2) is 48.7 Å². The van der Waals surface area contributed by atoms with Gasteiger partial charge in [0.1, 0.15) is 0 Å². The molecule has 3 aromatic rings. The van der Waals surface area contributed by atoms with Gasteiger partial charge >= 0.3 is 0 Å². The van der Waals surface area contributed by atoms with E-state index in [9.17, 15) is 4.79 Å². The summed E-state index contributed by atoms with van der Waals surface area (Å²) in [6.07, 6.45) is 2.65. The Hall–Kier alpha value is -3.13. The third-order valence-corrected chi connectivity index (χ3v) is 3.89. The first-order valence-corrected chi connectivity index (χ1v) is 7.88. The van der Waals surface area contributed by atoms with Crippen LogP contribution in [-0.4, -0.2) is 22.2 Å². The second-order valence-corrected chi connectivity index (χ2v) is 5.73. The molecule has 5 heteroatoms. The average molecular weight is 318 g/mol. The molecule has 1 aromatic heterocycles. The van der Waals surface area contributed by atoms with E-state index in [2.05, 4.69) is 35.5 Å². The van der Waals surface area contributed by atoms with Gasteiger partial charge in [-0.05, 0) is 43.2 Å². The van der Waals surface area contributed by atoms with Crippen LogP contribution in [0.4, 0.5) is 0 Å². The molecular formula is C19H18N4O. The molecular weight excluding hydrogens is 300 g/mol. The maximum Gasteiger partial charge on any atom is 0.251 e. The lowest BCUT2D eigenvalue weighted by Gasteiger charge is -2.07. The lowest BCUT2D eigenvalue weighted by molar-refractivity contribution is 0.0952. The van der Waals surface area contributed by atoms with Crippen LogP contribution >= 0.6 is 0 Å². The Balaban J connectivity index is 1.55. The van der Waals surface area contributed by atoms with Crippen LogP contribution in [0.1, 0.15) is 27.9 Å². The van der Waals surface area contributed by atoms with Crippen LogP contribution in [0, 0.1) is 18.3 Å². The first kappa shape index (κ1) is 15.8. The van der Waals surface area contributed by atoms with Gasteiger partial charge in [-0.15, -0.1) is 0 Å². The Labute approximate surface area is 140 Å². The zero-order chi connectivity index (χ0) is 16.9. The van der Waals surface area contributed by atoms with Gasteiger partial charge in [-0.2, -0.15) is 10.4 Å². The maximum atomic E-state index is 12.1. The Kier molecular flexibility index (Phi) is 4.57. The minimum absolute atomic E-state index is 0.159. The molecule has 1 N–H and O–H groups in total. The van der Waals surface area contributed by atoms with Gasteiger partial charge < -0.3 is 5.32 Å². The lowest BCUT2D eigenvalue weighted by atomic mass is 10.1. The molecule has 120 valence electrons. The van der Waals surface area contributed by atoms with Crippen molar-refractivity contribution in [2.24, 2.45) is 0 Å². The minimum Gasteiger partial charge on any atom is -0.352 e. The van der Waals surface area contributed by atoms with Gasteiger partial charge in [0.2, 0.25) is 0 Å². The van der Waals surface area contributed by atoms with Gasteiger partial charge in [-0.25, -0.2) is 0 Å². The fourth-order valence-electron chi connectivity index (χ4n) is 2.62. The summed E-state index contributed by atoms with van der Waals surface area (Å²) < 4.78 is 1.96. The number of hydrogen-bond acceptors (Lipinski definition) is 3. The summed E-state index contributed by atoms with van der Waals surface area (Å²) in [6.45, 7) is 3.36. The highest BCUT2D eigenvalue weighted by atomic mass is 16.1. The number of aryl methyl sites for hydroxylation is 2. The molecule has 0 aliphatic carbocycles. The summed E-state index contributed by atoms with van der Waals surface area (Å²) in [4.78, 5) is 12.1. The van der Waals surface area contributed by atoms with Crippen LogP contribution < -0.4 is 5.32 Å². The third-order valence-electron chi connectivity index (χ3n) is 3.89. The summed E-state index contributed by atoms with van der Waals surface area (Å²) in [7, 11) is 0. The predicted molar refractivity (Wildman–Crippen MR) is 92.6 cm³/mol. The van der Waals surface area contributed by atoms with E-state index in [1.807, 2.05) is 16.9 Å². The monoisotopic (exact) mass is 318 g/mol. The number of nitrogens with one attached hydrogen (secondary N) is 1. The van der Waals surface area contributed by atoms with Crippen LogP contribution in [-0.2, 0) is 6.54 Å². The number of fused-ring (bicyclic) bond motifs is 1. The normalized spacial score (nSPS) is 10.5. The number of benzene rings is 2. The lowest BCUT2D eigenvalue weighted by Crippen LogP contribution is -2.25. The van der Waals surface area contributed by atoms with E-state index in [1.165, 1.54) is 5.56 Å². The van der Waals surface area contributed by atoms with E-state index in [1.54, 1.807) is 24.3 Å². The highest BCUT2D eigenvalue weighted by molar-refractivity contribution is 5.94. The maximum absolute atomic E-state index is 12.1. The summed E-state index contributed by atoms with van der Waals surface area (Å²) in [5.74, 6) is -0.159. The zero-order valence-corrected chi connectivity index (χ0v) is 13.5. The molecule has 24 heavy (non-hydrogen) atoms. The number of rotatable bonds is 5. The molecule has 5 nitrogen and oxygen atoms in total. The number of nitriles is 1. The molecule has 0 unspecified atom stereocenters. The van der Waals surface area contributed by atoms with Crippen molar-refractivity contribution in [3.63, 3.8) is 0 Å². The van der Waals surface area contributed by atoms with Crippen molar-refractivity contribution in [3.8, 4) is 6.07 Å². The Bertz CT molecular complexity index is 921. The molecule has 1 heterocycles. The van der Waals surface area contributed by atoms with Crippen LogP contribution in [0.25, 0.3) is 10.9 Å². The van der Waals surface area contributed by atoms with E-state index in [0.717, 1.165) is 23.9 Å². The van der Waals surface area contributed by atoms with E-state index in [0.29, 0.717) is 17.7 Å². The number of carbonyl (C=O) groups is 1. The van der Waals surface area contributed by atoms with Crippen LogP contribution in [0.3, 0.4) is 0 Å². The number of amides is 1. The molecule has 0 saturated heterocycles. The predicted octanol–water partition coefficient (Wildman–Crippen LogP) is 3.04. The molecule has 0 atom stereocenters. The van der Waals surface area contributed by atoms with Gasteiger partial charge in [-0.1, -0.05) is 18.2 Å². The van der Waals surface area contributed by atoms with Crippen molar-refractivity contribution in [3.05, 3.63) is 65.4 Å². The van der Waals surface area contributed by atoms with Gasteiger partial charge in [0.15, 0.2) is 0 Å². The first-order chi connectivity index (χ1) is 11.7. The molecule has 0 aliphatic heterocycles. The van der Waals surface area contributed by atoms with Crippen LogP contribution in [0.2, 0.25) is 0 Å². The van der Waals surface area contributed by atoms with Crippen molar-refractivity contribution in [1.82, 2.24) is 15.1 Å². The molecule has 0 fully saturated rings. The van der Waals surface area contributed by atoms with Crippen molar-refractivity contribution in [1.29, 1.82) is 5.26 Å². The number of nitrogens with zero attached hydrogens (tertiary/aromatic N) is 3. The molecule has 0 radical (unpaired) electrons. The highest BCUT2D eigenvalue weighted by Crippen LogP contribution is 2.15. The second-order valence-electron chi connectivity index (χ2n) is 5.73. The average Bonchev–Trinajstić information content (AvgIpc) is 3.00. The minimum atomic E-state index is -0.159. The fraction of sp³-hybridized carbons (Fsp3) is 0.211. The van der Waals surface area contributed by atoms with Gasteiger partial charge in [-0.3, -0.25) is 9.48 Å². The number of hydrogen-bond donors (Lipinski definition) is 1. The first-order valence-electron chi connectivity index (χ1n) is 7.88. The number of carbonyl (C=O) groups excluding carboxylic acids is 1. The fourth-order valence-corrected chi connectivity index (χ4v) is 2.62. The summed E-state index contributed by atoms with van der Waals surface area (Å²) in [5, 5.41) is 17.3. The Morgan fingerprint density at radius 2 is 2.17 bits per heavy atom. The molecule has 0 aliphatic rings. The van der Waals surface area contributed by atoms with Crippen molar-refractivity contribution < 1.29 is 4.79 Å². The summed E-state index contributed by atoms with van der Waals surface area (Å²) in [5.41, 5.74) is 3.31. The van der Waals surface area contributed by atoms with Gasteiger partial charge in [0.05, 0.1) is 23.3 Å². The number of aromatic nitrogens is 2. The molecule has 0 bridgehead atoms. The molecule has 0 saturated carbocycles. The standard InChI is InChI=1S/C19H18N4O/c1-14-6-7-17-13-22-23(18(17)10-14)9-3-8-21-19(24)16-5-2-4-15(11-16)12-20/h2,4-7,10-11,13H,3,8-9H2,1H3,(H,21,24). The van der Waals surface area contributed by atoms with Crippen molar-refractivity contribution in [2.75, 3.05) is 6.54 Å². The molecule has 1 amide bonds. The Morgan fingerprint density at radius 1 is 1.29 bits per heavy atom. The molecule has 2 aromatic carbocycles. The zero-order valence-electron chi connectivity index (χ0n) is 13.5. The largest absolute Gasteiger partial charge is 0.352 e. The van der Waals surface area contributed by atoms with E-state index < -0.39 is 0 Å². The van der Waals surface area contributed by atoms with Crippen LogP contribution in [0.5, 0.6) is 0 Å². The summed E-state index contributed by atoms with van der Waals surface area (Å²) in [6, 6.07) is 15.0. The SMILES string of the molecule is Cc1ccc2cnn(CCCNC(=O)c3cccc(C#N)c3)c2c1. The molecule has 3 rings (SSSR count). The van der Waals surface area contributed by atoms with Gasteiger partial charge in [0, 0.05) is 24.0 Å². The third kappa shape index (κ3) is 3.44. The van der Waals surface area contributed by atoms with E-state index in [-0.39, 0.29) is 5.91 Å².